The van der Waals surface area contributed by atoms with Crippen LogP contribution in [0.5, 0.6) is 11.5 Å². The van der Waals surface area contributed by atoms with Crippen LogP contribution in [0.1, 0.15) is 39.3 Å². The van der Waals surface area contributed by atoms with Gasteiger partial charge in [-0.3, -0.25) is 14.4 Å². The van der Waals surface area contributed by atoms with E-state index in [9.17, 15) is 23.2 Å². The molecule has 0 atom stereocenters. The van der Waals surface area contributed by atoms with Gasteiger partial charge >= 0.3 is 6.29 Å². The lowest BCUT2D eigenvalue weighted by Crippen LogP contribution is -2.27. The zero-order valence-corrected chi connectivity index (χ0v) is 13.2. The number of aromatic amines is 1. The number of alkyl halides is 2. The molecule has 1 aromatic carbocycles. The lowest BCUT2D eigenvalue weighted by atomic mass is 9.93. The van der Waals surface area contributed by atoms with Crippen molar-refractivity contribution < 1.29 is 27.8 Å². The number of rotatable bonds is 2. The number of carbonyl (C=O) groups is 2. The molecule has 2 N–H and O–H groups in total. The molecule has 0 fully saturated rings. The van der Waals surface area contributed by atoms with Crippen molar-refractivity contribution in [2.75, 3.05) is 5.32 Å². The van der Waals surface area contributed by atoms with Gasteiger partial charge < -0.3 is 19.8 Å². The molecule has 134 valence electrons. The Morgan fingerprint density at radius 1 is 1.12 bits per heavy atom. The molecule has 0 bridgehead atoms. The fourth-order valence-corrected chi connectivity index (χ4v) is 2.97. The largest absolute Gasteiger partial charge is 0.586 e. The number of fused-ring (bicyclic) bond motifs is 2. The molecule has 1 amide bonds. The monoisotopic (exact) mass is 362 g/mol. The number of benzene rings is 1. The molecule has 2 aromatic rings. The number of anilines is 1. The molecule has 1 aliphatic heterocycles. The average Bonchev–Trinajstić information content (AvgIpc) is 2.87. The van der Waals surface area contributed by atoms with Crippen molar-refractivity contribution in [2.45, 2.75) is 25.6 Å². The van der Waals surface area contributed by atoms with Crippen LogP contribution in [0.4, 0.5) is 14.5 Å². The Bertz CT molecular complexity index is 999. The third kappa shape index (κ3) is 2.81. The van der Waals surface area contributed by atoms with Crippen LogP contribution in [0, 0.1) is 0 Å². The van der Waals surface area contributed by atoms with Crippen LogP contribution >= 0.6 is 0 Å². The van der Waals surface area contributed by atoms with Gasteiger partial charge in [-0.25, -0.2) is 0 Å². The van der Waals surface area contributed by atoms with Gasteiger partial charge in [0, 0.05) is 29.4 Å². The van der Waals surface area contributed by atoms with E-state index in [1.54, 1.807) is 0 Å². The van der Waals surface area contributed by atoms with E-state index in [1.165, 1.54) is 18.2 Å². The Kier molecular flexibility index (Phi) is 3.53. The van der Waals surface area contributed by atoms with Crippen molar-refractivity contribution >= 4 is 17.4 Å². The van der Waals surface area contributed by atoms with E-state index >= 15 is 0 Å². The number of amides is 1. The maximum atomic E-state index is 13.0. The zero-order valence-electron chi connectivity index (χ0n) is 13.2. The zero-order chi connectivity index (χ0) is 18.5. The molecule has 9 heteroatoms. The number of hydrogen-bond acceptors (Lipinski definition) is 5. The summed E-state index contributed by atoms with van der Waals surface area (Å²) in [5, 5.41) is 2.43. The second kappa shape index (κ2) is 5.65. The number of aromatic nitrogens is 1. The highest BCUT2D eigenvalue weighted by Gasteiger charge is 2.43. The highest BCUT2D eigenvalue weighted by Crippen LogP contribution is 2.42. The minimum atomic E-state index is -3.76. The molecule has 0 radical (unpaired) electrons. The Morgan fingerprint density at radius 2 is 1.88 bits per heavy atom. The maximum Gasteiger partial charge on any atom is 0.586 e. The van der Waals surface area contributed by atoms with Crippen LogP contribution in [-0.2, 0) is 6.42 Å². The first-order valence-corrected chi connectivity index (χ1v) is 7.83. The normalized spacial score (nSPS) is 16.9. The van der Waals surface area contributed by atoms with E-state index in [0.717, 1.165) is 6.07 Å². The van der Waals surface area contributed by atoms with E-state index in [2.05, 4.69) is 19.8 Å². The Hall–Kier alpha value is -3.23. The third-order valence-electron chi connectivity index (χ3n) is 4.16. The summed E-state index contributed by atoms with van der Waals surface area (Å²) in [5.74, 6) is -1.30. The molecule has 7 nitrogen and oxygen atoms in total. The maximum absolute atomic E-state index is 13.0. The number of ether oxygens (including phenoxy) is 2. The molecule has 0 saturated carbocycles. The van der Waals surface area contributed by atoms with Crippen molar-refractivity contribution in [1.29, 1.82) is 0 Å². The molecule has 0 spiro atoms. The average molecular weight is 362 g/mol. The van der Waals surface area contributed by atoms with Gasteiger partial charge in [-0.15, -0.1) is 8.78 Å². The van der Waals surface area contributed by atoms with Crippen molar-refractivity contribution in [3.8, 4) is 11.5 Å². The number of carbonyl (C=O) groups excluding carboxylic acids is 2. The van der Waals surface area contributed by atoms with Gasteiger partial charge in [0.05, 0.1) is 0 Å². The van der Waals surface area contributed by atoms with E-state index < -0.39 is 17.8 Å². The number of aryl methyl sites for hydroxylation is 1. The number of pyridine rings is 1. The van der Waals surface area contributed by atoms with Crippen LogP contribution < -0.4 is 20.3 Å². The highest BCUT2D eigenvalue weighted by atomic mass is 19.3. The summed E-state index contributed by atoms with van der Waals surface area (Å²) in [7, 11) is 0. The lowest BCUT2D eigenvalue weighted by molar-refractivity contribution is -0.286. The van der Waals surface area contributed by atoms with Gasteiger partial charge in [0.1, 0.15) is 5.56 Å². The van der Waals surface area contributed by atoms with Crippen molar-refractivity contribution in [3.05, 3.63) is 51.4 Å². The number of halogens is 2. The summed E-state index contributed by atoms with van der Waals surface area (Å²) >= 11 is 0. The molecular formula is C17H12F2N2O5. The standard InChI is InChI=1S/C17H12F2N2O5/c18-17(19)25-13-5-4-8(6-14(13)26-17)20-15(23)10-7-9-11(21-16(10)24)2-1-3-12(9)22/h4-7H,1-3H2,(H,20,23)(H,21,24). The molecule has 2 heterocycles. The fraction of sp³-hybridized carbons (Fsp3) is 0.235. The van der Waals surface area contributed by atoms with Crippen molar-refractivity contribution in [3.63, 3.8) is 0 Å². The summed E-state index contributed by atoms with van der Waals surface area (Å²) in [6.07, 6.45) is -2.19. The molecule has 0 saturated heterocycles. The van der Waals surface area contributed by atoms with Crippen LogP contribution in [-0.4, -0.2) is 23.0 Å². The van der Waals surface area contributed by atoms with Crippen LogP contribution in [0.25, 0.3) is 0 Å². The predicted octanol–water partition coefficient (Wildman–Crippen LogP) is 2.47. The first-order valence-electron chi connectivity index (χ1n) is 7.83. The SMILES string of the molecule is O=C1CCCc2[nH]c(=O)c(C(=O)Nc3ccc4c(c3)OC(F)(F)O4)cc21. The van der Waals surface area contributed by atoms with E-state index in [1.807, 2.05) is 0 Å². The number of nitrogens with one attached hydrogen (secondary N) is 2. The second-order valence-corrected chi connectivity index (χ2v) is 5.96. The van der Waals surface area contributed by atoms with Crippen LogP contribution in [0.15, 0.2) is 29.1 Å². The van der Waals surface area contributed by atoms with Crippen molar-refractivity contribution in [2.24, 2.45) is 0 Å². The molecule has 1 aliphatic carbocycles. The summed E-state index contributed by atoms with van der Waals surface area (Å²) in [4.78, 5) is 39.1. The van der Waals surface area contributed by atoms with Gasteiger partial charge in [0.25, 0.3) is 11.5 Å². The fourth-order valence-electron chi connectivity index (χ4n) is 2.97. The Morgan fingerprint density at radius 3 is 2.69 bits per heavy atom. The molecule has 4 rings (SSSR count). The number of hydrogen-bond donors (Lipinski definition) is 2. The topological polar surface area (TPSA) is 97.5 Å². The smallest absolute Gasteiger partial charge is 0.395 e. The summed E-state index contributed by atoms with van der Waals surface area (Å²) in [6, 6.07) is 4.98. The number of Topliss-reactive ketones (excluding diaryl/α,β-unsaturated/α-hetero) is 1. The summed E-state index contributed by atoms with van der Waals surface area (Å²) in [6.45, 7) is 0. The van der Waals surface area contributed by atoms with Crippen molar-refractivity contribution in [1.82, 2.24) is 4.98 Å². The molecule has 2 aliphatic rings. The van der Waals surface area contributed by atoms with Crippen LogP contribution in [0.2, 0.25) is 0 Å². The summed E-state index contributed by atoms with van der Waals surface area (Å²) in [5.41, 5.74) is 0.128. The molecular weight excluding hydrogens is 350 g/mol. The number of H-pyrrole nitrogens is 1. The van der Waals surface area contributed by atoms with Crippen LogP contribution in [0.3, 0.4) is 0 Å². The van der Waals surface area contributed by atoms with Gasteiger partial charge in [-0.1, -0.05) is 0 Å². The lowest BCUT2D eigenvalue weighted by Gasteiger charge is -2.15. The molecule has 26 heavy (non-hydrogen) atoms. The van der Waals surface area contributed by atoms with Gasteiger partial charge in [0.2, 0.25) is 0 Å². The van der Waals surface area contributed by atoms with E-state index in [0.29, 0.717) is 30.5 Å². The minimum absolute atomic E-state index is 0.137. The Balaban J connectivity index is 1.61. The minimum Gasteiger partial charge on any atom is -0.395 e. The predicted molar refractivity (Wildman–Crippen MR) is 84.9 cm³/mol. The van der Waals surface area contributed by atoms with E-state index in [4.69, 9.17) is 0 Å². The van der Waals surface area contributed by atoms with Gasteiger partial charge in [-0.2, -0.15) is 0 Å². The first-order chi connectivity index (χ1) is 12.3. The van der Waals surface area contributed by atoms with Gasteiger partial charge in [0.15, 0.2) is 17.3 Å². The quantitative estimate of drug-likeness (QED) is 0.855. The second-order valence-electron chi connectivity index (χ2n) is 5.96. The Labute approximate surface area is 144 Å². The summed E-state index contributed by atoms with van der Waals surface area (Å²) < 4.78 is 34.7. The van der Waals surface area contributed by atoms with Gasteiger partial charge in [-0.05, 0) is 31.0 Å². The number of ketones is 1. The highest BCUT2D eigenvalue weighted by molar-refractivity contribution is 6.06. The first kappa shape index (κ1) is 16.2. The molecule has 1 aromatic heterocycles. The third-order valence-corrected chi connectivity index (χ3v) is 4.16. The van der Waals surface area contributed by atoms with E-state index in [-0.39, 0.29) is 28.5 Å². The molecule has 0 unspecified atom stereocenters.